The van der Waals surface area contributed by atoms with Crippen molar-refractivity contribution in [3.8, 4) is 11.5 Å². The highest BCUT2D eigenvalue weighted by Gasteiger charge is 2.29. The minimum Gasteiger partial charge on any atom is -0.507 e. The van der Waals surface area contributed by atoms with Crippen LogP contribution in [0.25, 0.3) is 10.8 Å². The molecule has 0 aliphatic rings. The number of phenolic OH excluding ortho intramolecular Hbond substituents is 1. The molecule has 2 aromatic carbocycles. The number of hydrogen-bond acceptors (Lipinski definition) is 5. The van der Waals surface area contributed by atoms with Crippen LogP contribution in [-0.4, -0.2) is 18.3 Å². The summed E-state index contributed by atoms with van der Waals surface area (Å²) >= 11 is 0. The van der Waals surface area contributed by atoms with Crippen LogP contribution in [0.2, 0.25) is 0 Å². The number of phosphoric ester groups is 1. The molecular weight excluding hydrogens is 315 g/mol. The summed E-state index contributed by atoms with van der Waals surface area (Å²) in [7, 11) is -3.69. The van der Waals surface area contributed by atoms with Gasteiger partial charge in [-0.1, -0.05) is 31.5 Å². The number of aryl methyl sites for hydroxylation is 1. The molecule has 0 radical (unpaired) electrons. The van der Waals surface area contributed by atoms with E-state index in [9.17, 15) is 9.67 Å². The van der Waals surface area contributed by atoms with Gasteiger partial charge in [0.2, 0.25) is 0 Å². The Bertz CT molecular complexity index is 701. The summed E-state index contributed by atoms with van der Waals surface area (Å²) < 4.78 is 29.1. The number of benzene rings is 2. The van der Waals surface area contributed by atoms with Gasteiger partial charge in [0.15, 0.2) is 0 Å². The summed E-state index contributed by atoms with van der Waals surface area (Å²) in [5.74, 6) is 0.517. The van der Waals surface area contributed by atoms with Crippen molar-refractivity contribution < 1.29 is 23.2 Å². The second-order valence-corrected chi connectivity index (χ2v) is 6.93. The van der Waals surface area contributed by atoms with Gasteiger partial charge in [-0.25, -0.2) is 4.57 Å². The third kappa shape index (κ3) is 4.47. The third-order valence-electron chi connectivity index (χ3n) is 3.23. The van der Waals surface area contributed by atoms with Crippen molar-refractivity contribution in [3.63, 3.8) is 0 Å². The fourth-order valence-corrected chi connectivity index (χ4v) is 3.51. The Hall–Kier alpha value is -1.55. The Labute approximate surface area is 136 Å². The van der Waals surface area contributed by atoms with Crippen LogP contribution in [-0.2, 0) is 13.6 Å². The predicted molar refractivity (Wildman–Crippen MR) is 91.1 cm³/mol. The fraction of sp³-hybridized carbons (Fsp3) is 0.412. The number of phenols is 1. The van der Waals surface area contributed by atoms with Crippen LogP contribution in [0.1, 0.15) is 32.3 Å². The van der Waals surface area contributed by atoms with E-state index in [1.165, 1.54) is 6.07 Å². The quantitative estimate of drug-likeness (QED) is 0.671. The number of hydrogen-bond donors (Lipinski definition) is 1. The average Bonchev–Trinajstić information content (AvgIpc) is 2.54. The summed E-state index contributed by atoms with van der Waals surface area (Å²) in [6, 6.07) is 8.66. The van der Waals surface area contributed by atoms with E-state index >= 15 is 0 Å². The maximum Gasteiger partial charge on any atom is 0.530 e. The van der Waals surface area contributed by atoms with Crippen molar-refractivity contribution in [2.45, 2.75) is 33.6 Å². The van der Waals surface area contributed by atoms with E-state index in [0.29, 0.717) is 29.4 Å². The maximum atomic E-state index is 12.8. The number of aromatic hydroxyl groups is 1. The van der Waals surface area contributed by atoms with Crippen molar-refractivity contribution in [2.75, 3.05) is 13.2 Å². The Morgan fingerprint density at radius 2 is 1.65 bits per heavy atom. The van der Waals surface area contributed by atoms with Gasteiger partial charge >= 0.3 is 7.82 Å². The molecule has 1 N–H and O–H groups in total. The number of fused-ring (bicyclic) bond motifs is 1. The van der Waals surface area contributed by atoms with Crippen molar-refractivity contribution in [3.05, 3.63) is 35.9 Å². The minimum atomic E-state index is -3.69. The van der Waals surface area contributed by atoms with Crippen LogP contribution >= 0.6 is 7.82 Å². The summed E-state index contributed by atoms with van der Waals surface area (Å²) in [6.07, 6.45) is 1.41. The lowest BCUT2D eigenvalue weighted by molar-refractivity contribution is 0.156. The zero-order chi connectivity index (χ0) is 16.9. The number of phosphoric acid groups is 1. The van der Waals surface area contributed by atoms with Gasteiger partial charge in [-0.05, 0) is 38.0 Å². The summed E-state index contributed by atoms with van der Waals surface area (Å²) in [6.45, 7) is 6.35. The lowest BCUT2D eigenvalue weighted by Gasteiger charge is -2.19. The summed E-state index contributed by atoms with van der Waals surface area (Å²) in [4.78, 5) is 0. The molecule has 0 saturated heterocycles. The van der Waals surface area contributed by atoms with Crippen molar-refractivity contribution >= 4 is 18.6 Å². The average molecular weight is 338 g/mol. The molecule has 2 rings (SSSR count). The first-order chi connectivity index (χ1) is 11.0. The fourth-order valence-electron chi connectivity index (χ4n) is 2.12. The predicted octanol–water partition coefficient (Wildman–Crippen LogP) is 5.19. The minimum absolute atomic E-state index is 0.148. The van der Waals surface area contributed by atoms with E-state index in [2.05, 4.69) is 0 Å². The zero-order valence-electron chi connectivity index (χ0n) is 13.7. The molecule has 5 nitrogen and oxygen atoms in total. The monoisotopic (exact) mass is 338 g/mol. The molecule has 0 heterocycles. The van der Waals surface area contributed by atoms with Gasteiger partial charge < -0.3 is 9.63 Å². The second kappa shape index (κ2) is 7.82. The van der Waals surface area contributed by atoms with E-state index in [1.54, 1.807) is 6.07 Å². The molecule has 2 aromatic rings. The van der Waals surface area contributed by atoms with Gasteiger partial charge in [-0.15, -0.1) is 0 Å². The van der Waals surface area contributed by atoms with E-state index in [-0.39, 0.29) is 19.0 Å². The zero-order valence-corrected chi connectivity index (χ0v) is 14.6. The SMILES string of the molecule is CCCOP(=O)(OCCC)Oc1ccc(O)c2cc(C)ccc12. The molecule has 0 amide bonds. The molecular formula is C17H23O5P. The van der Waals surface area contributed by atoms with Gasteiger partial charge in [-0.3, -0.25) is 9.05 Å². The van der Waals surface area contributed by atoms with Gasteiger partial charge in [0.05, 0.1) is 13.2 Å². The van der Waals surface area contributed by atoms with E-state index in [1.807, 2.05) is 39.0 Å². The van der Waals surface area contributed by atoms with Gasteiger partial charge in [-0.2, -0.15) is 0 Å². The van der Waals surface area contributed by atoms with Crippen LogP contribution in [0.5, 0.6) is 11.5 Å². The van der Waals surface area contributed by atoms with Crippen LogP contribution < -0.4 is 4.52 Å². The Kier molecular flexibility index (Phi) is 6.05. The molecule has 0 bridgehead atoms. The van der Waals surface area contributed by atoms with E-state index in [0.717, 1.165) is 5.56 Å². The second-order valence-electron chi connectivity index (χ2n) is 5.34. The highest BCUT2D eigenvalue weighted by atomic mass is 31.2. The summed E-state index contributed by atoms with van der Waals surface area (Å²) in [5, 5.41) is 11.3. The standard InChI is InChI=1S/C17H23O5P/c1-4-10-20-23(19,21-11-5-2)22-17-9-8-16(18)15-12-13(3)6-7-14(15)17/h6-9,12,18H,4-5,10-11H2,1-3H3. The first-order valence-corrected chi connectivity index (χ1v) is 9.26. The van der Waals surface area contributed by atoms with Gasteiger partial charge in [0, 0.05) is 10.8 Å². The van der Waals surface area contributed by atoms with Gasteiger partial charge in [0.1, 0.15) is 11.5 Å². The largest absolute Gasteiger partial charge is 0.530 e. The molecule has 6 heteroatoms. The Balaban J connectivity index is 2.38. The van der Waals surface area contributed by atoms with Crippen molar-refractivity contribution in [2.24, 2.45) is 0 Å². The molecule has 0 aromatic heterocycles. The first kappa shape index (κ1) is 17.8. The molecule has 0 saturated carbocycles. The van der Waals surface area contributed by atoms with E-state index < -0.39 is 7.82 Å². The van der Waals surface area contributed by atoms with Crippen LogP contribution in [0.3, 0.4) is 0 Å². The highest BCUT2D eigenvalue weighted by molar-refractivity contribution is 7.48. The normalized spacial score (nSPS) is 11.8. The molecule has 0 spiro atoms. The molecule has 0 aliphatic carbocycles. The molecule has 0 unspecified atom stereocenters. The van der Waals surface area contributed by atoms with E-state index in [4.69, 9.17) is 13.6 Å². The van der Waals surface area contributed by atoms with Crippen molar-refractivity contribution in [1.82, 2.24) is 0 Å². The molecule has 0 fully saturated rings. The van der Waals surface area contributed by atoms with Gasteiger partial charge in [0.25, 0.3) is 0 Å². The first-order valence-electron chi connectivity index (χ1n) is 7.80. The number of rotatable bonds is 8. The topological polar surface area (TPSA) is 65.0 Å². The lowest BCUT2D eigenvalue weighted by atomic mass is 10.1. The molecule has 0 atom stereocenters. The Morgan fingerprint density at radius 1 is 1.00 bits per heavy atom. The highest BCUT2D eigenvalue weighted by Crippen LogP contribution is 2.51. The van der Waals surface area contributed by atoms with Crippen LogP contribution in [0.4, 0.5) is 0 Å². The third-order valence-corrected chi connectivity index (χ3v) is 4.64. The molecule has 126 valence electrons. The van der Waals surface area contributed by atoms with Crippen LogP contribution in [0.15, 0.2) is 30.3 Å². The van der Waals surface area contributed by atoms with Crippen LogP contribution in [0, 0.1) is 6.92 Å². The Morgan fingerprint density at radius 3 is 2.26 bits per heavy atom. The maximum absolute atomic E-state index is 12.8. The molecule has 23 heavy (non-hydrogen) atoms. The smallest absolute Gasteiger partial charge is 0.507 e. The van der Waals surface area contributed by atoms with Crippen molar-refractivity contribution in [1.29, 1.82) is 0 Å². The summed E-state index contributed by atoms with van der Waals surface area (Å²) in [5.41, 5.74) is 1.01. The lowest BCUT2D eigenvalue weighted by Crippen LogP contribution is -2.04. The molecule has 0 aliphatic heterocycles.